The lowest BCUT2D eigenvalue weighted by Gasteiger charge is -2.27. The van der Waals surface area contributed by atoms with Crippen LogP contribution < -0.4 is 4.72 Å². The molecular formula is C10H22BrNO2S. The molecule has 92 valence electrons. The third kappa shape index (κ3) is 6.53. The Labute approximate surface area is 102 Å². The molecule has 0 saturated heterocycles. The van der Waals surface area contributed by atoms with Crippen molar-refractivity contribution in [1.82, 2.24) is 4.72 Å². The zero-order valence-electron chi connectivity index (χ0n) is 10.0. The minimum atomic E-state index is -3.14. The van der Waals surface area contributed by atoms with E-state index in [1.165, 1.54) is 0 Å². The van der Waals surface area contributed by atoms with Gasteiger partial charge < -0.3 is 0 Å². The number of hydrogen-bond acceptors (Lipinski definition) is 2. The van der Waals surface area contributed by atoms with Gasteiger partial charge in [0.1, 0.15) is 0 Å². The number of nitrogens with one attached hydrogen (secondary N) is 1. The summed E-state index contributed by atoms with van der Waals surface area (Å²) in [7, 11) is -3.14. The Kier molecular flexibility index (Phi) is 6.37. The van der Waals surface area contributed by atoms with Crippen molar-refractivity contribution >= 4 is 26.0 Å². The van der Waals surface area contributed by atoms with Gasteiger partial charge in [0.15, 0.2) is 0 Å². The Hall–Kier alpha value is 0.390. The van der Waals surface area contributed by atoms with E-state index in [-0.39, 0.29) is 11.3 Å². The third-order valence-electron chi connectivity index (χ3n) is 2.44. The third-order valence-corrected chi connectivity index (χ3v) is 5.26. The summed E-state index contributed by atoms with van der Waals surface area (Å²) in [6.45, 7) is 7.94. The van der Waals surface area contributed by atoms with Gasteiger partial charge in [-0.05, 0) is 25.7 Å². The van der Waals surface area contributed by atoms with E-state index < -0.39 is 10.0 Å². The van der Waals surface area contributed by atoms with E-state index in [2.05, 4.69) is 20.7 Å². The number of rotatable bonds is 7. The van der Waals surface area contributed by atoms with Gasteiger partial charge in [0.25, 0.3) is 0 Å². The molecule has 0 bridgehead atoms. The number of hydrogen-bond donors (Lipinski definition) is 1. The van der Waals surface area contributed by atoms with Crippen molar-refractivity contribution in [3.05, 3.63) is 0 Å². The lowest BCUT2D eigenvalue weighted by atomic mass is 10.0. The van der Waals surface area contributed by atoms with Gasteiger partial charge in [-0.1, -0.05) is 36.7 Å². The Balaban J connectivity index is 4.37. The molecule has 0 spiro atoms. The average Bonchev–Trinajstić information content (AvgIpc) is 2.14. The van der Waals surface area contributed by atoms with Crippen LogP contribution in [0.3, 0.4) is 0 Å². The fourth-order valence-electron chi connectivity index (χ4n) is 1.01. The number of halogens is 1. The van der Waals surface area contributed by atoms with Crippen LogP contribution in [0.15, 0.2) is 0 Å². The van der Waals surface area contributed by atoms with Gasteiger partial charge in [0.05, 0.1) is 5.75 Å². The maximum absolute atomic E-state index is 11.7. The van der Waals surface area contributed by atoms with E-state index in [9.17, 15) is 8.42 Å². The predicted octanol–water partition coefficient (Wildman–Crippen LogP) is 2.52. The van der Waals surface area contributed by atoms with Gasteiger partial charge in [-0.25, -0.2) is 13.1 Å². The molecule has 1 atom stereocenters. The van der Waals surface area contributed by atoms with Crippen LogP contribution in [0.4, 0.5) is 0 Å². The molecule has 15 heavy (non-hydrogen) atoms. The van der Waals surface area contributed by atoms with E-state index in [0.717, 1.165) is 6.42 Å². The fourth-order valence-corrected chi connectivity index (χ4v) is 3.58. The second-order valence-electron chi connectivity index (χ2n) is 4.65. The van der Waals surface area contributed by atoms with Gasteiger partial charge in [-0.15, -0.1) is 0 Å². The van der Waals surface area contributed by atoms with E-state index in [1.807, 2.05) is 27.7 Å². The lowest BCUT2D eigenvalue weighted by Crippen LogP contribution is -2.47. The van der Waals surface area contributed by atoms with Crippen LogP contribution in [-0.4, -0.2) is 25.0 Å². The van der Waals surface area contributed by atoms with E-state index in [0.29, 0.717) is 17.7 Å². The molecule has 0 radical (unpaired) electrons. The predicted molar refractivity (Wildman–Crippen MR) is 68.9 cm³/mol. The Morgan fingerprint density at radius 1 is 1.40 bits per heavy atom. The molecule has 0 aromatic carbocycles. The van der Waals surface area contributed by atoms with E-state index in [1.54, 1.807) is 0 Å². The van der Waals surface area contributed by atoms with Crippen LogP contribution in [0.1, 0.15) is 40.5 Å². The molecule has 3 nitrogen and oxygen atoms in total. The molecule has 0 aromatic heterocycles. The van der Waals surface area contributed by atoms with Gasteiger partial charge >= 0.3 is 0 Å². The maximum atomic E-state index is 11.7. The topological polar surface area (TPSA) is 46.2 Å². The maximum Gasteiger partial charge on any atom is 0.212 e. The van der Waals surface area contributed by atoms with Crippen LogP contribution in [-0.2, 0) is 10.0 Å². The van der Waals surface area contributed by atoms with Crippen molar-refractivity contribution in [3.8, 4) is 0 Å². The second kappa shape index (κ2) is 6.21. The highest BCUT2D eigenvalue weighted by atomic mass is 79.9. The lowest BCUT2D eigenvalue weighted by molar-refractivity contribution is 0.447. The smallest absolute Gasteiger partial charge is 0.212 e. The van der Waals surface area contributed by atoms with Crippen molar-refractivity contribution in [1.29, 1.82) is 0 Å². The van der Waals surface area contributed by atoms with Crippen LogP contribution in [0, 0.1) is 5.92 Å². The molecule has 0 saturated carbocycles. The molecule has 0 aliphatic carbocycles. The average molecular weight is 300 g/mol. The molecule has 0 fully saturated rings. The van der Waals surface area contributed by atoms with Gasteiger partial charge in [-0.3, -0.25) is 0 Å². The summed E-state index contributed by atoms with van der Waals surface area (Å²) in [5, 5.41) is 0.636. The number of sulfonamides is 1. The van der Waals surface area contributed by atoms with Crippen LogP contribution in [0.2, 0.25) is 0 Å². The highest BCUT2D eigenvalue weighted by molar-refractivity contribution is 9.09. The van der Waals surface area contributed by atoms with E-state index >= 15 is 0 Å². The first kappa shape index (κ1) is 15.4. The zero-order chi connectivity index (χ0) is 12.1. The highest BCUT2D eigenvalue weighted by Gasteiger charge is 2.26. The standard InChI is InChI=1S/C10H22BrNO2S/c1-5-10(4,8-11)12-15(13,14)7-6-9(2)3/h9,12H,5-8H2,1-4H3. The molecule has 0 aliphatic rings. The minimum absolute atomic E-state index is 0.216. The number of alkyl halides is 1. The normalized spacial score (nSPS) is 16.7. The van der Waals surface area contributed by atoms with E-state index in [4.69, 9.17) is 0 Å². The molecule has 0 rings (SSSR count). The summed E-state index contributed by atoms with van der Waals surface area (Å²) < 4.78 is 26.2. The van der Waals surface area contributed by atoms with Gasteiger partial charge in [0, 0.05) is 10.9 Å². The van der Waals surface area contributed by atoms with Crippen LogP contribution >= 0.6 is 15.9 Å². The fraction of sp³-hybridized carbons (Fsp3) is 1.00. The first-order valence-corrected chi connectivity index (χ1v) is 8.09. The SMILES string of the molecule is CCC(C)(CBr)NS(=O)(=O)CCC(C)C. The first-order valence-electron chi connectivity index (χ1n) is 5.32. The highest BCUT2D eigenvalue weighted by Crippen LogP contribution is 2.15. The summed E-state index contributed by atoms with van der Waals surface area (Å²) in [5.41, 5.74) is -0.365. The molecule has 1 N–H and O–H groups in total. The molecule has 0 aromatic rings. The molecule has 5 heteroatoms. The molecule has 0 heterocycles. The largest absolute Gasteiger partial charge is 0.212 e. The summed E-state index contributed by atoms with van der Waals surface area (Å²) in [6, 6.07) is 0. The van der Waals surface area contributed by atoms with Crippen LogP contribution in [0.25, 0.3) is 0 Å². The minimum Gasteiger partial charge on any atom is -0.212 e. The van der Waals surface area contributed by atoms with Gasteiger partial charge in [0.2, 0.25) is 10.0 Å². The molecule has 0 aliphatic heterocycles. The molecule has 0 amide bonds. The summed E-state index contributed by atoms with van der Waals surface area (Å²) in [5.74, 6) is 0.631. The summed E-state index contributed by atoms with van der Waals surface area (Å²) in [4.78, 5) is 0. The molecular weight excluding hydrogens is 278 g/mol. The quantitative estimate of drug-likeness (QED) is 0.734. The Morgan fingerprint density at radius 2 is 1.93 bits per heavy atom. The molecule has 1 unspecified atom stereocenters. The second-order valence-corrected chi connectivity index (χ2v) is 7.05. The zero-order valence-corrected chi connectivity index (χ0v) is 12.4. The summed E-state index contributed by atoms with van der Waals surface area (Å²) >= 11 is 3.34. The Morgan fingerprint density at radius 3 is 2.27 bits per heavy atom. The van der Waals surface area contributed by atoms with Gasteiger partial charge in [-0.2, -0.15) is 0 Å². The van der Waals surface area contributed by atoms with Crippen molar-refractivity contribution in [2.24, 2.45) is 5.92 Å². The van der Waals surface area contributed by atoms with Crippen molar-refractivity contribution in [3.63, 3.8) is 0 Å². The van der Waals surface area contributed by atoms with Crippen molar-refractivity contribution < 1.29 is 8.42 Å². The monoisotopic (exact) mass is 299 g/mol. The van der Waals surface area contributed by atoms with Crippen molar-refractivity contribution in [2.45, 2.75) is 46.1 Å². The van der Waals surface area contributed by atoms with Crippen LogP contribution in [0.5, 0.6) is 0 Å². The Bertz CT molecular complexity index is 271. The summed E-state index contributed by atoms with van der Waals surface area (Å²) in [6.07, 6.45) is 1.48. The first-order chi connectivity index (χ1) is 6.74. The van der Waals surface area contributed by atoms with Crippen molar-refractivity contribution in [2.75, 3.05) is 11.1 Å².